The maximum Gasteiger partial charge on any atom is 0.226 e. The number of nitrogens with zero attached hydrogens (tertiary/aromatic N) is 1. The Morgan fingerprint density at radius 1 is 1.50 bits per heavy atom. The molecule has 2 aliphatic rings. The third-order valence-corrected chi connectivity index (χ3v) is 4.81. The normalized spacial score (nSPS) is 34.6. The highest BCUT2D eigenvalue weighted by molar-refractivity contribution is 5.79. The molecule has 2 rings (SSSR count). The van der Waals surface area contributed by atoms with Gasteiger partial charge >= 0.3 is 0 Å². The molecule has 0 aromatic rings. The lowest BCUT2D eigenvalue weighted by atomic mass is 9.88. The molecule has 3 heteroatoms. The molecule has 0 saturated carbocycles. The molecule has 2 aliphatic heterocycles. The van der Waals surface area contributed by atoms with Crippen molar-refractivity contribution >= 4 is 5.91 Å². The van der Waals surface area contributed by atoms with Gasteiger partial charge in [-0.1, -0.05) is 20.3 Å². The maximum absolute atomic E-state index is 12.6. The van der Waals surface area contributed by atoms with Gasteiger partial charge in [0.25, 0.3) is 0 Å². The molecular formula is C15H27NO2. The van der Waals surface area contributed by atoms with Crippen LogP contribution in [0.15, 0.2) is 0 Å². The first-order chi connectivity index (χ1) is 8.63. The van der Waals surface area contributed by atoms with Gasteiger partial charge in [-0.15, -0.1) is 0 Å². The fourth-order valence-corrected chi connectivity index (χ4v) is 3.37. The minimum atomic E-state index is 0.128. The van der Waals surface area contributed by atoms with Crippen LogP contribution in [0.2, 0.25) is 0 Å². The van der Waals surface area contributed by atoms with E-state index in [9.17, 15) is 4.79 Å². The van der Waals surface area contributed by atoms with Crippen LogP contribution in [0.5, 0.6) is 0 Å². The van der Waals surface area contributed by atoms with Crippen molar-refractivity contribution in [2.75, 3.05) is 19.8 Å². The van der Waals surface area contributed by atoms with Gasteiger partial charge in [-0.05, 0) is 38.0 Å². The fourth-order valence-electron chi connectivity index (χ4n) is 3.37. The van der Waals surface area contributed by atoms with Crippen LogP contribution in [0.25, 0.3) is 0 Å². The minimum Gasteiger partial charge on any atom is -0.381 e. The lowest BCUT2D eigenvalue weighted by molar-refractivity contribution is -0.139. The zero-order chi connectivity index (χ0) is 13.1. The summed E-state index contributed by atoms with van der Waals surface area (Å²) in [7, 11) is 0. The van der Waals surface area contributed by atoms with E-state index in [4.69, 9.17) is 4.74 Å². The molecule has 0 radical (unpaired) electrons. The van der Waals surface area contributed by atoms with Crippen molar-refractivity contribution < 1.29 is 9.53 Å². The first kappa shape index (κ1) is 13.9. The molecule has 3 unspecified atom stereocenters. The number of hydrogen-bond donors (Lipinski definition) is 0. The molecule has 18 heavy (non-hydrogen) atoms. The Kier molecular flexibility index (Phi) is 4.66. The number of ether oxygens (including phenoxy) is 1. The Balaban J connectivity index is 1.93. The van der Waals surface area contributed by atoms with Gasteiger partial charge in [-0.3, -0.25) is 4.79 Å². The standard InChI is InChI=1S/C15H27NO2/c1-4-13-8-11(2)16(9-13)15(17)12(3)14-6-5-7-18-10-14/h11-14H,4-10H2,1-3H3/t11-,12?,13?,14?/m1/s1. The van der Waals surface area contributed by atoms with E-state index in [1.54, 1.807) is 0 Å². The number of amides is 1. The number of likely N-dealkylation sites (tertiary alicyclic amines) is 1. The Bertz CT molecular complexity index is 286. The Morgan fingerprint density at radius 2 is 2.28 bits per heavy atom. The van der Waals surface area contributed by atoms with Gasteiger partial charge in [0, 0.05) is 25.1 Å². The summed E-state index contributed by atoms with van der Waals surface area (Å²) < 4.78 is 5.51. The minimum absolute atomic E-state index is 0.128. The first-order valence-electron chi connectivity index (χ1n) is 7.51. The summed E-state index contributed by atoms with van der Waals surface area (Å²) >= 11 is 0. The van der Waals surface area contributed by atoms with Crippen LogP contribution in [0, 0.1) is 17.8 Å². The molecule has 2 saturated heterocycles. The number of carbonyl (C=O) groups is 1. The number of carbonyl (C=O) groups excluding carboxylic acids is 1. The topological polar surface area (TPSA) is 29.5 Å². The Morgan fingerprint density at radius 3 is 2.83 bits per heavy atom. The highest BCUT2D eigenvalue weighted by atomic mass is 16.5. The van der Waals surface area contributed by atoms with Crippen molar-refractivity contribution in [1.29, 1.82) is 0 Å². The number of rotatable bonds is 3. The molecule has 2 fully saturated rings. The lowest BCUT2D eigenvalue weighted by Gasteiger charge is -2.31. The molecule has 0 aromatic carbocycles. The summed E-state index contributed by atoms with van der Waals surface area (Å²) in [5.74, 6) is 1.62. The average Bonchev–Trinajstić information content (AvgIpc) is 2.79. The monoisotopic (exact) mass is 253 g/mol. The number of hydrogen-bond acceptors (Lipinski definition) is 2. The van der Waals surface area contributed by atoms with E-state index in [1.165, 1.54) is 12.8 Å². The van der Waals surface area contributed by atoms with E-state index in [2.05, 4.69) is 25.7 Å². The zero-order valence-electron chi connectivity index (χ0n) is 12.0. The largest absolute Gasteiger partial charge is 0.381 e. The highest BCUT2D eigenvalue weighted by Crippen LogP contribution is 2.30. The second-order valence-electron chi connectivity index (χ2n) is 6.12. The van der Waals surface area contributed by atoms with E-state index in [-0.39, 0.29) is 5.92 Å². The summed E-state index contributed by atoms with van der Waals surface area (Å²) in [4.78, 5) is 14.7. The van der Waals surface area contributed by atoms with Gasteiger partial charge in [-0.25, -0.2) is 0 Å². The molecule has 0 spiro atoms. The fraction of sp³-hybridized carbons (Fsp3) is 0.933. The molecular weight excluding hydrogens is 226 g/mol. The molecule has 4 atom stereocenters. The first-order valence-corrected chi connectivity index (χ1v) is 7.51. The Labute approximate surface area is 111 Å². The van der Waals surface area contributed by atoms with Crippen molar-refractivity contribution in [3.8, 4) is 0 Å². The SMILES string of the molecule is CCC1C[C@@H](C)N(C(=O)C(C)C2CCCOC2)C1. The molecule has 1 amide bonds. The second-order valence-corrected chi connectivity index (χ2v) is 6.12. The van der Waals surface area contributed by atoms with Gasteiger partial charge in [-0.2, -0.15) is 0 Å². The van der Waals surface area contributed by atoms with Crippen molar-refractivity contribution in [2.45, 2.75) is 52.5 Å². The van der Waals surface area contributed by atoms with Gasteiger partial charge in [0.2, 0.25) is 5.91 Å². The van der Waals surface area contributed by atoms with E-state index in [0.29, 0.717) is 23.8 Å². The van der Waals surface area contributed by atoms with E-state index in [1.807, 2.05) is 0 Å². The third kappa shape index (κ3) is 2.87. The maximum atomic E-state index is 12.6. The van der Waals surface area contributed by atoms with Gasteiger partial charge in [0.15, 0.2) is 0 Å². The third-order valence-electron chi connectivity index (χ3n) is 4.81. The van der Waals surface area contributed by atoms with Crippen molar-refractivity contribution in [3.05, 3.63) is 0 Å². The van der Waals surface area contributed by atoms with Crippen LogP contribution in [0.1, 0.15) is 46.5 Å². The Hall–Kier alpha value is -0.570. The molecule has 3 nitrogen and oxygen atoms in total. The summed E-state index contributed by atoms with van der Waals surface area (Å²) in [5, 5.41) is 0. The van der Waals surface area contributed by atoms with Crippen LogP contribution in [0.4, 0.5) is 0 Å². The van der Waals surface area contributed by atoms with Crippen molar-refractivity contribution in [2.24, 2.45) is 17.8 Å². The summed E-state index contributed by atoms with van der Waals surface area (Å²) in [6.45, 7) is 9.12. The molecule has 0 aromatic heterocycles. The van der Waals surface area contributed by atoms with E-state index in [0.717, 1.165) is 32.6 Å². The van der Waals surface area contributed by atoms with Gasteiger partial charge < -0.3 is 9.64 Å². The molecule has 104 valence electrons. The van der Waals surface area contributed by atoms with Crippen LogP contribution in [-0.4, -0.2) is 36.6 Å². The summed E-state index contributed by atoms with van der Waals surface area (Å²) in [6, 6.07) is 0.425. The van der Waals surface area contributed by atoms with Crippen LogP contribution in [-0.2, 0) is 9.53 Å². The van der Waals surface area contributed by atoms with E-state index >= 15 is 0 Å². The van der Waals surface area contributed by atoms with Crippen LogP contribution in [0.3, 0.4) is 0 Å². The molecule has 0 aliphatic carbocycles. The second kappa shape index (κ2) is 6.05. The quantitative estimate of drug-likeness (QED) is 0.774. The van der Waals surface area contributed by atoms with E-state index < -0.39 is 0 Å². The average molecular weight is 253 g/mol. The predicted molar refractivity (Wildman–Crippen MR) is 72.3 cm³/mol. The predicted octanol–water partition coefficient (Wildman–Crippen LogP) is 2.70. The summed E-state index contributed by atoms with van der Waals surface area (Å²) in [5.41, 5.74) is 0. The van der Waals surface area contributed by atoms with Crippen LogP contribution < -0.4 is 0 Å². The lowest BCUT2D eigenvalue weighted by Crippen LogP contribution is -2.41. The summed E-state index contributed by atoms with van der Waals surface area (Å²) in [6.07, 6.45) is 4.62. The van der Waals surface area contributed by atoms with Gasteiger partial charge in [0.05, 0.1) is 6.61 Å². The highest BCUT2D eigenvalue weighted by Gasteiger charge is 2.36. The molecule has 0 N–H and O–H groups in total. The van der Waals surface area contributed by atoms with Crippen molar-refractivity contribution in [1.82, 2.24) is 4.90 Å². The molecule has 0 bridgehead atoms. The smallest absolute Gasteiger partial charge is 0.226 e. The van der Waals surface area contributed by atoms with Crippen LogP contribution >= 0.6 is 0 Å². The van der Waals surface area contributed by atoms with Gasteiger partial charge in [0.1, 0.15) is 0 Å². The van der Waals surface area contributed by atoms with Crippen molar-refractivity contribution in [3.63, 3.8) is 0 Å². The molecule has 2 heterocycles. The zero-order valence-corrected chi connectivity index (χ0v) is 12.0.